The number of aryl methyl sites for hydroxylation is 2. The van der Waals surface area contributed by atoms with E-state index in [2.05, 4.69) is 52.6 Å². The van der Waals surface area contributed by atoms with Crippen molar-refractivity contribution in [3.63, 3.8) is 0 Å². The van der Waals surface area contributed by atoms with Crippen LogP contribution >= 0.6 is 0 Å². The second kappa shape index (κ2) is 8.19. The highest BCUT2D eigenvalue weighted by atomic mass is 16.1. The first-order valence-corrected chi connectivity index (χ1v) is 9.12. The minimum absolute atomic E-state index is 0.0775. The molecule has 0 saturated carbocycles. The number of amides is 1. The maximum atomic E-state index is 12.4. The van der Waals surface area contributed by atoms with E-state index in [0.717, 1.165) is 36.2 Å². The quantitative estimate of drug-likeness (QED) is 0.660. The van der Waals surface area contributed by atoms with E-state index in [1.165, 1.54) is 16.5 Å². The Morgan fingerprint density at radius 2 is 1.92 bits per heavy atom. The van der Waals surface area contributed by atoms with Gasteiger partial charge in [0.1, 0.15) is 0 Å². The van der Waals surface area contributed by atoms with Crippen LogP contribution in [0.5, 0.6) is 0 Å². The van der Waals surface area contributed by atoms with Crippen LogP contribution < -0.4 is 5.32 Å². The Bertz CT molecular complexity index is 895. The van der Waals surface area contributed by atoms with Crippen molar-refractivity contribution in [3.05, 3.63) is 65.4 Å². The van der Waals surface area contributed by atoms with Gasteiger partial charge in [-0.05, 0) is 57.1 Å². The number of hydrogen-bond donors (Lipinski definition) is 2. The normalized spacial score (nSPS) is 11.2. The molecule has 0 spiro atoms. The molecule has 1 heterocycles. The number of aromatic nitrogens is 1. The van der Waals surface area contributed by atoms with E-state index in [-0.39, 0.29) is 5.91 Å². The summed E-state index contributed by atoms with van der Waals surface area (Å²) in [6.07, 6.45) is 4.31. The van der Waals surface area contributed by atoms with Crippen molar-refractivity contribution < 1.29 is 4.79 Å². The second-order valence-corrected chi connectivity index (χ2v) is 7.16. The van der Waals surface area contributed by atoms with Crippen LogP contribution in [0.25, 0.3) is 10.9 Å². The van der Waals surface area contributed by atoms with Gasteiger partial charge in [0.2, 0.25) is 5.91 Å². The number of carbonyl (C=O) groups is 1. The standard InChI is InChI=1S/C22H27N3O/c1-16-11-12-20(18(13-16)15-25(2)3)24-22(26)10-6-7-17-14-23-21-9-5-4-8-19(17)21/h4-5,8-9,11-14,23H,6-7,10,15H2,1-3H3,(H,24,26). The predicted octanol–water partition coefficient (Wildman–Crippen LogP) is 4.50. The average Bonchev–Trinajstić information content (AvgIpc) is 3.00. The molecule has 0 bridgehead atoms. The first kappa shape index (κ1) is 18.2. The number of benzene rings is 2. The zero-order chi connectivity index (χ0) is 18.5. The molecule has 0 saturated heterocycles. The number of aromatic amines is 1. The van der Waals surface area contributed by atoms with E-state index in [0.29, 0.717) is 6.42 Å². The Kier molecular flexibility index (Phi) is 5.74. The van der Waals surface area contributed by atoms with E-state index in [9.17, 15) is 4.79 Å². The van der Waals surface area contributed by atoms with Gasteiger partial charge in [0.05, 0.1) is 0 Å². The zero-order valence-corrected chi connectivity index (χ0v) is 15.8. The van der Waals surface area contributed by atoms with E-state index < -0.39 is 0 Å². The molecule has 0 atom stereocenters. The lowest BCUT2D eigenvalue weighted by atomic mass is 10.1. The molecule has 4 heteroatoms. The van der Waals surface area contributed by atoms with Crippen LogP contribution in [0, 0.1) is 6.92 Å². The molecule has 0 aliphatic rings. The van der Waals surface area contributed by atoms with Gasteiger partial charge in [0.25, 0.3) is 0 Å². The molecule has 2 N–H and O–H groups in total. The van der Waals surface area contributed by atoms with Gasteiger partial charge >= 0.3 is 0 Å². The summed E-state index contributed by atoms with van der Waals surface area (Å²) in [5.41, 5.74) is 5.71. The van der Waals surface area contributed by atoms with Crippen LogP contribution in [-0.4, -0.2) is 29.9 Å². The number of nitrogens with one attached hydrogen (secondary N) is 2. The fourth-order valence-electron chi connectivity index (χ4n) is 3.31. The van der Waals surface area contributed by atoms with Gasteiger partial charge in [-0.1, -0.05) is 35.9 Å². The summed E-state index contributed by atoms with van der Waals surface area (Å²) in [4.78, 5) is 17.8. The molecule has 136 valence electrons. The Balaban J connectivity index is 1.58. The summed E-state index contributed by atoms with van der Waals surface area (Å²) in [5, 5.41) is 4.34. The molecule has 0 aliphatic heterocycles. The van der Waals surface area contributed by atoms with Crippen molar-refractivity contribution in [2.45, 2.75) is 32.7 Å². The third kappa shape index (κ3) is 4.52. The van der Waals surface area contributed by atoms with E-state index in [4.69, 9.17) is 0 Å². The molecule has 1 amide bonds. The van der Waals surface area contributed by atoms with Crippen molar-refractivity contribution in [3.8, 4) is 0 Å². The number of anilines is 1. The fourth-order valence-corrected chi connectivity index (χ4v) is 3.31. The highest BCUT2D eigenvalue weighted by molar-refractivity contribution is 5.91. The first-order chi connectivity index (χ1) is 12.5. The van der Waals surface area contributed by atoms with Crippen LogP contribution in [0.2, 0.25) is 0 Å². The topological polar surface area (TPSA) is 48.1 Å². The maximum Gasteiger partial charge on any atom is 0.224 e. The van der Waals surface area contributed by atoms with Crippen molar-refractivity contribution in [1.82, 2.24) is 9.88 Å². The molecule has 2 aromatic carbocycles. The Labute approximate surface area is 155 Å². The third-order valence-electron chi connectivity index (χ3n) is 4.55. The van der Waals surface area contributed by atoms with Crippen molar-refractivity contribution >= 4 is 22.5 Å². The van der Waals surface area contributed by atoms with Crippen LogP contribution in [0.1, 0.15) is 29.5 Å². The van der Waals surface area contributed by atoms with Gasteiger partial charge < -0.3 is 15.2 Å². The van der Waals surface area contributed by atoms with Crippen LogP contribution in [0.3, 0.4) is 0 Å². The maximum absolute atomic E-state index is 12.4. The van der Waals surface area contributed by atoms with Crippen LogP contribution in [0.15, 0.2) is 48.7 Å². The Hall–Kier alpha value is -2.59. The lowest BCUT2D eigenvalue weighted by molar-refractivity contribution is -0.116. The lowest BCUT2D eigenvalue weighted by Crippen LogP contribution is -2.16. The second-order valence-electron chi connectivity index (χ2n) is 7.16. The van der Waals surface area contributed by atoms with Crippen molar-refractivity contribution in [2.24, 2.45) is 0 Å². The monoisotopic (exact) mass is 349 g/mol. The Morgan fingerprint density at radius 3 is 2.73 bits per heavy atom. The molecule has 3 rings (SSSR count). The highest BCUT2D eigenvalue weighted by Crippen LogP contribution is 2.21. The average molecular weight is 349 g/mol. The fraction of sp³-hybridized carbons (Fsp3) is 0.318. The number of nitrogens with zero attached hydrogens (tertiary/aromatic N) is 1. The van der Waals surface area contributed by atoms with Crippen LogP contribution in [-0.2, 0) is 17.8 Å². The number of carbonyl (C=O) groups excluding carboxylic acids is 1. The SMILES string of the molecule is Cc1ccc(NC(=O)CCCc2c[nH]c3ccccc23)c(CN(C)C)c1. The van der Waals surface area contributed by atoms with Gasteiger partial charge in [-0.25, -0.2) is 0 Å². The summed E-state index contributed by atoms with van der Waals surface area (Å²) in [7, 11) is 4.07. The van der Waals surface area contributed by atoms with E-state index in [1.54, 1.807) is 0 Å². The molecule has 1 aromatic heterocycles. The summed E-state index contributed by atoms with van der Waals surface area (Å²) in [5.74, 6) is 0.0775. The molecule has 4 nitrogen and oxygen atoms in total. The summed E-state index contributed by atoms with van der Waals surface area (Å²) < 4.78 is 0. The van der Waals surface area contributed by atoms with E-state index >= 15 is 0 Å². The zero-order valence-electron chi connectivity index (χ0n) is 15.8. The smallest absolute Gasteiger partial charge is 0.224 e. The van der Waals surface area contributed by atoms with Gasteiger partial charge in [-0.2, -0.15) is 0 Å². The summed E-state index contributed by atoms with van der Waals surface area (Å²) >= 11 is 0. The molecule has 26 heavy (non-hydrogen) atoms. The summed E-state index contributed by atoms with van der Waals surface area (Å²) in [6.45, 7) is 2.89. The minimum Gasteiger partial charge on any atom is -0.361 e. The van der Waals surface area contributed by atoms with Gasteiger partial charge in [-0.3, -0.25) is 4.79 Å². The third-order valence-corrected chi connectivity index (χ3v) is 4.55. The number of fused-ring (bicyclic) bond motifs is 1. The van der Waals surface area contributed by atoms with Gasteiger partial charge in [0.15, 0.2) is 0 Å². The number of rotatable bonds is 7. The highest BCUT2D eigenvalue weighted by Gasteiger charge is 2.09. The largest absolute Gasteiger partial charge is 0.361 e. The summed E-state index contributed by atoms with van der Waals surface area (Å²) in [6, 6.07) is 14.5. The van der Waals surface area contributed by atoms with Crippen molar-refractivity contribution in [1.29, 1.82) is 0 Å². The number of hydrogen-bond acceptors (Lipinski definition) is 2. The predicted molar refractivity (Wildman–Crippen MR) is 108 cm³/mol. The Morgan fingerprint density at radius 1 is 1.12 bits per heavy atom. The van der Waals surface area contributed by atoms with E-state index in [1.807, 2.05) is 32.3 Å². The molecular formula is C22H27N3O. The van der Waals surface area contributed by atoms with Crippen LogP contribution in [0.4, 0.5) is 5.69 Å². The van der Waals surface area contributed by atoms with Crippen molar-refractivity contribution in [2.75, 3.05) is 19.4 Å². The lowest BCUT2D eigenvalue weighted by Gasteiger charge is -2.16. The minimum atomic E-state index is 0.0775. The molecule has 0 unspecified atom stereocenters. The molecular weight excluding hydrogens is 322 g/mol. The molecule has 0 radical (unpaired) electrons. The number of para-hydroxylation sites is 1. The molecule has 3 aromatic rings. The number of H-pyrrole nitrogens is 1. The molecule has 0 fully saturated rings. The first-order valence-electron chi connectivity index (χ1n) is 9.12. The molecule has 0 aliphatic carbocycles. The van der Waals surface area contributed by atoms with Gasteiger partial charge in [0, 0.05) is 35.8 Å². The van der Waals surface area contributed by atoms with Gasteiger partial charge in [-0.15, -0.1) is 0 Å².